The maximum absolute atomic E-state index is 6.23. The molecule has 6 nitrogen and oxygen atoms in total. The average molecular weight is 513 g/mol. The van der Waals surface area contributed by atoms with Crippen LogP contribution in [-0.2, 0) is 11.2 Å². The Hall–Kier alpha value is -3.74. The van der Waals surface area contributed by atoms with Crippen LogP contribution in [0.25, 0.3) is 10.8 Å². The second-order valence-electron chi connectivity index (χ2n) is 9.39. The Morgan fingerprint density at radius 1 is 0.789 bits per heavy atom. The summed E-state index contributed by atoms with van der Waals surface area (Å²) in [7, 11) is 1.70. The SMILES string of the molecule is COc1ccccc1CCOCCOc1ccc(N2CCNC[C@@H]2COc2ccc3ccccc3c2)cc1. The van der Waals surface area contributed by atoms with Gasteiger partial charge in [-0.05, 0) is 65.2 Å². The number of ether oxygens (including phenoxy) is 4. The van der Waals surface area contributed by atoms with Crippen LogP contribution in [0.3, 0.4) is 0 Å². The van der Waals surface area contributed by atoms with Crippen LogP contribution in [-0.4, -0.2) is 59.2 Å². The number of para-hydroxylation sites is 1. The second-order valence-corrected chi connectivity index (χ2v) is 9.39. The van der Waals surface area contributed by atoms with Crippen molar-refractivity contribution in [2.75, 3.05) is 58.1 Å². The van der Waals surface area contributed by atoms with E-state index >= 15 is 0 Å². The van der Waals surface area contributed by atoms with Gasteiger partial charge in [-0.15, -0.1) is 0 Å². The molecule has 1 aliphatic rings. The quantitative estimate of drug-likeness (QED) is 0.259. The molecule has 198 valence electrons. The van der Waals surface area contributed by atoms with Gasteiger partial charge < -0.3 is 29.2 Å². The minimum atomic E-state index is 0.249. The molecule has 1 atom stereocenters. The molecule has 0 spiro atoms. The monoisotopic (exact) mass is 512 g/mol. The zero-order chi connectivity index (χ0) is 26.0. The molecule has 1 heterocycles. The van der Waals surface area contributed by atoms with Gasteiger partial charge in [-0.1, -0.05) is 48.5 Å². The van der Waals surface area contributed by atoms with Crippen LogP contribution in [0.15, 0.2) is 91.0 Å². The molecule has 0 aromatic heterocycles. The van der Waals surface area contributed by atoms with Crippen molar-refractivity contribution in [3.63, 3.8) is 0 Å². The Balaban J connectivity index is 1.08. The molecule has 0 saturated carbocycles. The van der Waals surface area contributed by atoms with Gasteiger partial charge >= 0.3 is 0 Å². The highest BCUT2D eigenvalue weighted by Gasteiger charge is 2.23. The van der Waals surface area contributed by atoms with E-state index in [1.54, 1.807) is 7.11 Å². The zero-order valence-corrected chi connectivity index (χ0v) is 22.0. The molecule has 1 saturated heterocycles. The second kappa shape index (κ2) is 13.2. The molecule has 0 aliphatic carbocycles. The van der Waals surface area contributed by atoms with Crippen molar-refractivity contribution in [3.05, 3.63) is 96.6 Å². The van der Waals surface area contributed by atoms with Gasteiger partial charge in [0.15, 0.2) is 0 Å². The molecule has 1 N–H and O–H groups in total. The minimum Gasteiger partial charge on any atom is -0.496 e. The molecule has 0 unspecified atom stereocenters. The number of fused-ring (bicyclic) bond motifs is 1. The van der Waals surface area contributed by atoms with E-state index in [0.29, 0.717) is 26.4 Å². The lowest BCUT2D eigenvalue weighted by Crippen LogP contribution is -2.54. The summed E-state index contributed by atoms with van der Waals surface area (Å²) < 4.78 is 23.3. The number of hydrogen-bond donors (Lipinski definition) is 1. The van der Waals surface area contributed by atoms with Gasteiger partial charge in [-0.25, -0.2) is 0 Å². The van der Waals surface area contributed by atoms with Crippen LogP contribution in [0.1, 0.15) is 5.56 Å². The van der Waals surface area contributed by atoms with Gasteiger partial charge in [-0.2, -0.15) is 0 Å². The summed E-state index contributed by atoms with van der Waals surface area (Å²) in [5.74, 6) is 2.66. The number of anilines is 1. The lowest BCUT2D eigenvalue weighted by molar-refractivity contribution is 0.102. The Kier molecular flexibility index (Phi) is 8.98. The number of nitrogens with one attached hydrogen (secondary N) is 1. The number of rotatable bonds is 12. The van der Waals surface area contributed by atoms with Crippen molar-refractivity contribution < 1.29 is 18.9 Å². The summed E-state index contributed by atoms with van der Waals surface area (Å²) in [6.45, 7) is 5.09. The molecule has 6 heteroatoms. The van der Waals surface area contributed by atoms with Crippen LogP contribution < -0.4 is 24.4 Å². The van der Waals surface area contributed by atoms with E-state index in [-0.39, 0.29) is 6.04 Å². The van der Waals surface area contributed by atoms with Crippen LogP contribution in [0.5, 0.6) is 17.2 Å². The summed E-state index contributed by atoms with van der Waals surface area (Å²) in [5.41, 5.74) is 2.33. The fraction of sp³-hybridized carbons (Fsp3) is 0.312. The average Bonchev–Trinajstić information content (AvgIpc) is 2.98. The predicted molar refractivity (Wildman–Crippen MR) is 153 cm³/mol. The molecule has 4 aromatic rings. The van der Waals surface area contributed by atoms with E-state index in [0.717, 1.165) is 48.9 Å². The molecule has 5 rings (SSSR count). The third kappa shape index (κ3) is 6.77. The molecule has 38 heavy (non-hydrogen) atoms. The first-order valence-corrected chi connectivity index (χ1v) is 13.3. The van der Waals surface area contributed by atoms with E-state index in [2.05, 4.69) is 70.9 Å². The largest absolute Gasteiger partial charge is 0.496 e. The molecule has 0 bridgehead atoms. The van der Waals surface area contributed by atoms with Crippen molar-refractivity contribution >= 4 is 16.5 Å². The Bertz CT molecular complexity index is 1290. The fourth-order valence-corrected chi connectivity index (χ4v) is 4.85. The van der Waals surface area contributed by atoms with E-state index < -0.39 is 0 Å². The number of hydrogen-bond acceptors (Lipinski definition) is 6. The van der Waals surface area contributed by atoms with Crippen molar-refractivity contribution in [1.82, 2.24) is 5.32 Å². The number of nitrogens with zero attached hydrogens (tertiary/aromatic N) is 1. The lowest BCUT2D eigenvalue weighted by atomic mass is 10.1. The van der Waals surface area contributed by atoms with Gasteiger partial charge in [0.25, 0.3) is 0 Å². The standard InChI is InChI=1S/C32H36N2O4/c1-35-32-9-5-4-7-26(32)16-19-36-20-21-37-30-14-11-28(12-15-30)34-18-17-33-23-29(34)24-38-31-13-10-25-6-2-3-8-27(25)22-31/h2-15,22,29,33H,16-21,23-24H2,1H3/t29-/m1/s1. The van der Waals surface area contributed by atoms with Gasteiger partial charge in [0, 0.05) is 25.3 Å². The van der Waals surface area contributed by atoms with E-state index in [1.165, 1.54) is 16.5 Å². The normalized spacial score (nSPS) is 15.4. The van der Waals surface area contributed by atoms with E-state index in [1.807, 2.05) is 30.3 Å². The van der Waals surface area contributed by atoms with Crippen LogP contribution >= 0.6 is 0 Å². The summed E-state index contributed by atoms with van der Waals surface area (Å²) in [6.07, 6.45) is 0.815. The summed E-state index contributed by atoms with van der Waals surface area (Å²) in [4.78, 5) is 2.42. The third-order valence-electron chi connectivity index (χ3n) is 6.89. The van der Waals surface area contributed by atoms with Crippen molar-refractivity contribution in [2.24, 2.45) is 0 Å². The predicted octanol–water partition coefficient (Wildman–Crippen LogP) is 5.34. The van der Waals surface area contributed by atoms with Crippen molar-refractivity contribution in [3.8, 4) is 17.2 Å². The first kappa shape index (κ1) is 25.9. The van der Waals surface area contributed by atoms with E-state index in [4.69, 9.17) is 18.9 Å². The summed E-state index contributed by atoms with van der Waals surface area (Å²) in [6, 6.07) is 31.3. The molecular formula is C32H36N2O4. The van der Waals surface area contributed by atoms with Crippen LogP contribution in [0.2, 0.25) is 0 Å². The number of methoxy groups -OCH3 is 1. The van der Waals surface area contributed by atoms with Crippen molar-refractivity contribution in [2.45, 2.75) is 12.5 Å². The number of piperazine rings is 1. The highest BCUT2D eigenvalue weighted by molar-refractivity contribution is 5.83. The molecular weight excluding hydrogens is 476 g/mol. The smallest absolute Gasteiger partial charge is 0.122 e. The highest BCUT2D eigenvalue weighted by Crippen LogP contribution is 2.24. The molecule has 1 aliphatic heterocycles. The maximum Gasteiger partial charge on any atom is 0.122 e. The molecule has 4 aromatic carbocycles. The fourth-order valence-electron chi connectivity index (χ4n) is 4.85. The number of benzene rings is 4. The van der Waals surface area contributed by atoms with Gasteiger partial charge in [0.05, 0.1) is 26.4 Å². The maximum atomic E-state index is 6.23. The topological polar surface area (TPSA) is 52.2 Å². The van der Waals surface area contributed by atoms with Crippen LogP contribution in [0.4, 0.5) is 5.69 Å². The first-order valence-electron chi connectivity index (χ1n) is 13.3. The summed E-state index contributed by atoms with van der Waals surface area (Å²) >= 11 is 0. The minimum absolute atomic E-state index is 0.249. The molecule has 0 amide bonds. The van der Waals surface area contributed by atoms with Gasteiger partial charge in [0.1, 0.15) is 30.5 Å². The molecule has 0 radical (unpaired) electrons. The van der Waals surface area contributed by atoms with Crippen LogP contribution in [0, 0.1) is 0 Å². The zero-order valence-electron chi connectivity index (χ0n) is 22.0. The van der Waals surface area contributed by atoms with Gasteiger partial charge in [-0.3, -0.25) is 0 Å². The van der Waals surface area contributed by atoms with Crippen molar-refractivity contribution in [1.29, 1.82) is 0 Å². The lowest BCUT2D eigenvalue weighted by Gasteiger charge is -2.37. The Morgan fingerprint density at radius 3 is 2.45 bits per heavy atom. The summed E-state index contributed by atoms with van der Waals surface area (Å²) in [5, 5.41) is 5.93. The highest BCUT2D eigenvalue weighted by atomic mass is 16.5. The first-order chi connectivity index (χ1) is 18.8. The third-order valence-corrected chi connectivity index (χ3v) is 6.89. The molecule has 1 fully saturated rings. The Labute approximate surface area is 225 Å². The van der Waals surface area contributed by atoms with Gasteiger partial charge in [0.2, 0.25) is 0 Å². The van der Waals surface area contributed by atoms with E-state index in [9.17, 15) is 0 Å². The Morgan fingerprint density at radius 2 is 1.58 bits per heavy atom.